The molecule has 0 spiro atoms. The van der Waals surface area contributed by atoms with Crippen LogP contribution in [0.1, 0.15) is 45.4 Å². The number of hydrogen-bond acceptors (Lipinski definition) is 3. The highest BCUT2D eigenvalue weighted by Gasteiger charge is 2.33. The largest absolute Gasteiger partial charge is 0.315 e. The van der Waals surface area contributed by atoms with Gasteiger partial charge in [-0.05, 0) is 65.7 Å². The van der Waals surface area contributed by atoms with Gasteiger partial charge in [-0.25, -0.2) is 0 Å². The second-order valence-corrected chi connectivity index (χ2v) is 6.77. The summed E-state index contributed by atoms with van der Waals surface area (Å²) in [6.45, 7) is 4.89. The van der Waals surface area contributed by atoms with Crippen LogP contribution in [0.4, 0.5) is 0 Å². The summed E-state index contributed by atoms with van der Waals surface area (Å²) in [7, 11) is 6.77. The average Bonchev–Trinajstić information content (AvgIpc) is 2.83. The van der Waals surface area contributed by atoms with Gasteiger partial charge in [0.25, 0.3) is 0 Å². The molecular weight excluding hydrogens is 234 g/mol. The minimum absolute atomic E-state index is 0.694. The van der Waals surface area contributed by atoms with Crippen LogP contribution in [0.2, 0.25) is 0 Å². The van der Waals surface area contributed by atoms with Crippen LogP contribution in [0.3, 0.4) is 0 Å². The molecule has 2 fully saturated rings. The second-order valence-electron chi connectivity index (χ2n) is 6.77. The number of rotatable bonds is 5. The van der Waals surface area contributed by atoms with Crippen LogP contribution in [0.25, 0.3) is 0 Å². The van der Waals surface area contributed by atoms with E-state index in [1.165, 1.54) is 51.6 Å². The molecule has 1 heterocycles. The average molecular weight is 267 g/mol. The molecule has 3 heteroatoms. The number of likely N-dealkylation sites (tertiary alicyclic amines) is 1. The molecule has 1 saturated carbocycles. The maximum absolute atomic E-state index is 3.56. The van der Waals surface area contributed by atoms with Crippen LogP contribution < -0.4 is 5.32 Å². The Bertz CT molecular complexity index is 269. The fourth-order valence-electron chi connectivity index (χ4n) is 4.10. The van der Waals surface area contributed by atoms with Crippen molar-refractivity contribution >= 4 is 0 Å². The second kappa shape index (κ2) is 7.05. The number of hydrogen-bond donors (Lipinski definition) is 1. The van der Waals surface area contributed by atoms with Crippen molar-refractivity contribution in [2.24, 2.45) is 5.92 Å². The molecule has 1 aliphatic heterocycles. The van der Waals surface area contributed by atoms with Gasteiger partial charge in [0.05, 0.1) is 0 Å². The van der Waals surface area contributed by atoms with E-state index in [0.29, 0.717) is 6.04 Å². The Morgan fingerprint density at radius 1 is 1.26 bits per heavy atom. The third-order valence-electron chi connectivity index (χ3n) is 5.61. The van der Waals surface area contributed by atoms with Crippen LogP contribution in [0.15, 0.2) is 0 Å². The first kappa shape index (κ1) is 15.3. The normalized spacial score (nSPS) is 37.1. The molecule has 2 rings (SSSR count). The van der Waals surface area contributed by atoms with Gasteiger partial charge < -0.3 is 15.1 Å². The summed E-state index contributed by atoms with van der Waals surface area (Å²) in [5.41, 5.74) is 0. The van der Waals surface area contributed by atoms with Crippen LogP contribution in [0.5, 0.6) is 0 Å². The molecule has 0 aromatic heterocycles. The molecular formula is C16H33N3. The van der Waals surface area contributed by atoms with Crippen LogP contribution in [-0.2, 0) is 0 Å². The lowest BCUT2D eigenvalue weighted by Crippen LogP contribution is -2.53. The predicted octanol–water partition coefficient (Wildman–Crippen LogP) is 2.18. The van der Waals surface area contributed by atoms with Gasteiger partial charge in [0.1, 0.15) is 0 Å². The Hall–Kier alpha value is -0.120. The van der Waals surface area contributed by atoms with Crippen molar-refractivity contribution < 1.29 is 0 Å². The van der Waals surface area contributed by atoms with Gasteiger partial charge in [-0.2, -0.15) is 0 Å². The quantitative estimate of drug-likeness (QED) is 0.824. The topological polar surface area (TPSA) is 18.5 Å². The summed E-state index contributed by atoms with van der Waals surface area (Å²) in [6, 6.07) is 2.21. The highest BCUT2D eigenvalue weighted by molar-refractivity contribution is 4.91. The van der Waals surface area contributed by atoms with E-state index in [0.717, 1.165) is 18.0 Å². The summed E-state index contributed by atoms with van der Waals surface area (Å²) in [6.07, 6.45) is 8.26. The van der Waals surface area contributed by atoms with Gasteiger partial charge in [0.2, 0.25) is 0 Å². The van der Waals surface area contributed by atoms with Gasteiger partial charge in [-0.15, -0.1) is 0 Å². The Kier molecular flexibility index (Phi) is 5.67. The molecule has 4 atom stereocenters. The highest BCUT2D eigenvalue weighted by Crippen LogP contribution is 2.30. The highest BCUT2D eigenvalue weighted by atomic mass is 15.2. The number of nitrogens with one attached hydrogen (secondary N) is 1. The van der Waals surface area contributed by atoms with Gasteiger partial charge >= 0.3 is 0 Å². The SMILES string of the molecule is CCC1CCC(NC)C(N(C)CC2CCCN2C)C1. The van der Waals surface area contributed by atoms with E-state index in [2.05, 4.69) is 43.2 Å². The number of nitrogens with zero attached hydrogens (tertiary/aromatic N) is 2. The maximum Gasteiger partial charge on any atom is 0.0249 e. The zero-order valence-corrected chi connectivity index (χ0v) is 13.4. The van der Waals surface area contributed by atoms with Crippen LogP contribution in [-0.4, -0.2) is 62.2 Å². The summed E-state index contributed by atoms with van der Waals surface area (Å²) in [5.74, 6) is 0.943. The molecule has 1 saturated heterocycles. The standard InChI is InChI=1S/C16H33N3/c1-5-13-8-9-15(17-2)16(11-13)19(4)12-14-7-6-10-18(14)3/h13-17H,5-12H2,1-4H3. The Morgan fingerprint density at radius 3 is 2.63 bits per heavy atom. The molecule has 0 aromatic carbocycles. The van der Waals surface area contributed by atoms with Crippen molar-refractivity contribution in [2.75, 3.05) is 34.2 Å². The molecule has 0 aromatic rings. The molecule has 1 N–H and O–H groups in total. The van der Waals surface area contributed by atoms with Crippen molar-refractivity contribution in [3.63, 3.8) is 0 Å². The van der Waals surface area contributed by atoms with Crippen molar-refractivity contribution in [1.82, 2.24) is 15.1 Å². The van der Waals surface area contributed by atoms with Crippen LogP contribution >= 0.6 is 0 Å². The first-order valence-corrected chi connectivity index (χ1v) is 8.23. The lowest BCUT2D eigenvalue weighted by Gasteiger charge is -2.42. The predicted molar refractivity (Wildman–Crippen MR) is 82.5 cm³/mol. The van der Waals surface area contributed by atoms with Gasteiger partial charge in [-0.3, -0.25) is 0 Å². The first-order chi connectivity index (χ1) is 9.15. The summed E-state index contributed by atoms with van der Waals surface area (Å²) in [4.78, 5) is 5.19. The molecule has 0 radical (unpaired) electrons. The van der Waals surface area contributed by atoms with Crippen molar-refractivity contribution in [1.29, 1.82) is 0 Å². The number of likely N-dealkylation sites (N-methyl/N-ethyl adjacent to an activating group) is 3. The minimum atomic E-state index is 0.694. The van der Waals surface area contributed by atoms with E-state index in [4.69, 9.17) is 0 Å². The lowest BCUT2D eigenvalue weighted by atomic mass is 9.80. The van der Waals surface area contributed by atoms with Crippen LogP contribution in [0, 0.1) is 5.92 Å². The van der Waals surface area contributed by atoms with Crippen molar-refractivity contribution in [2.45, 2.75) is 63.6 Å². The summed E-state index contributed by atoms with van der Waals surface area (Å²) >= 11 is 0. The zero-order chi connectivity index (χ0) is 13.8. The molecule has 0 amide bonds. The molecule has 3 nitrogen and oxygen atoms in total. The van der Waals surface area contributed by atoms with E-state index in [1.54, 1.807) is 0 Å². The molecule has 19 heavy (non-hydrogen) atoms. The van der Waals surface area contributed by atoms with Gasteiger partial charge in [0.15, 0.2) is 0 Å². The van der Waals surface area contributed by atoms with E-state index in [-0.39, 0.29) is 0 Å². The van der Waals surface area contributed by atoms with Gasteiger partial charge in [-0.1, -0.05) is 13.3 Å². The lowest BCUT2D eigenvalue weighted by molar-refractivity contribution is 0.0993. The third kappa shape index (κ3) is 3.71. The van der Waals surface area contributed by atoms with Crippen molar-refractivity contribution in [3.05, 3.63) is 0 Å². The van der Waals surface area contributed by atoms with E-state index < -0.39 is 0 Å². The maximum atomic E-state index is 3.56. The van der Waals surface area contributed by atoms with Gasteiger partial charge in [0, 0.05) is 24.7 Å². The van der Waals surface area contributed by atoms with Crippen molar-refractivity contribution in [3.8, 4) is 0 Å². The smallest absolute Gasteiger partial charge is 0.0249 e. The Balaban J connectivity index is 1.92. The summed E-state index contributed by atoms with van der Waals surface area (Å²) < 4.78 is 0. The van der Waals surface area contributed by atoms with E-state index >= 15 is 0 Å². The van der Waals surface area contributed by atoms with E-state index in [1.807, 2.05) is 0 Å². The molecule has 0 bridgehead atoms. The minimum Gasteiger partial charge on any atom is -0.315 e. The molecule has 4 unspecified atom stereocenters. The first-order valence-electron chi connectivity index (χ1n) is 8.23. The summed E-state index contributed by atoms with van der Waals surface area (Å²) in [5, 5.41) is 3.56. The molecule has 112 valence electrons. The Morgan fingerprint density at radius 2 is 2.05 bits per heavy atom. The third-order valence-corrected chi connectivity index (χ3v) is 5.61. The van der Waals surface area contributed by atoms with E-state index in [9.17, 15) is 0 Å². The fraction of sp³-hybridized carbons (Fsp3) is 1.00. The molecule has 1 aliphatic carbocycles. The fourth-order valence-corrected chi connectivity index (χ4v) is 4.10. The monoisotopic (exact) mass is 267 g/mol. The molecule has 2 aliphatic rings. The Labute approximate surface area is 119 Å². The zero-order valence-electron chi connectivity index (χ0n) is 13.4.